The maximum absolute atomic E-state index is 6.59. The van der Waals surface area contributed by atoms with E-state index in [1.54, 1.807) is 0 Å². The molecule has 1 aliphatic rings. The number of fused-ring (bicyclic) bond motifs is 5. The van der Waals surface area contributed by atoms with Crippen LogP contribution in [0.4, 0.5) is 0 Å². The molecule has 0 saturated carbocycles. The minimum absolute atomic E-state index is 0.951. The lowest BCUT2D eigenvalue weighted by atomic mass is 10.1. The van der Waals surface area contributed by atoms with Crippen LogP contribution in [-0.2, 0) is 0 Å². The van der Waals surface area contributed by atoms with Crippen molar-refractivity contribution < 1.29 is 4.74 Å². The molecule has 0 amide bonds. The van der Waals surface area contributed by atoms with Crippen molar-refractivity contribution in [2.45, 2.75) is 0 Å². The van der Waals surface area contributed by atoms with Crippen molar-refractivity contribution in [2.24, 2.45) is 0 Å². The summed E-state index contributed by atoms with van der Waals surface area (Å²) in [6, 6.07) is 43.8. The van der Waals surface area contributed by atoms with Crippen LogP contribution in [0.3, 0.4) is 0 Å². The summed E-state index contributed by atoms with van der Waals surface area (Å²) < 4.78 is 6.59. The molecule has 5 aromatic carbocycles. The van der Waals surface area contributed by atoms with Gasteiger partial charge in [0.2, 0.25) is 0 Å². The Morgan fingerprint density at radius 2 is 1.12 bits per heavy atom. The number of H-pyrrole nitrogens is 1. The number of hydrogen-bond donors (Lipinski definition) is 1. The summed E-state index contributed by atoms with van der Waals surface area (Å²) in [5.41, 5.74) is 2.26. The summed E-state index contributed by atoms with van der Waals surface area (Å²) in [5.74, 6) is 1.91. The van der Waals surface area contributed by atoms with E-state index in [-0.39, 0.29) is 0 Å². The molecule has 1 aliphatic heterocycles. The number of nitrogens with one attached hydrogen (secondary N) is 1. The van der Waals surface area contributed by atoms with Crippen molar-refractivity contribution in [3.05, 3.63) is 121 Å². The fraction of sp³-hybridized carbons (Fsp3) is 0. The minimum atomic E-state index is -2.59. The second-order valence-corrected chi connectivity index (χ2v) is 12.4. The second kappa shape index (κ2) is 6.96. The van der Waals surface area contributed by atoms with E-state index in [2.05, 4.69) is 126 Å². The van der Waals surface area contributed by atoms with E-state index in [1.807, 2.05) is 0 Å². The number of benzene rings is 5. The van der Waals surface area contributed by atoms with Gasteiger partial charge in [-0.15, -0.1) is 0 Å². The zero-order chi connectivity index (χ0) is 21.8. The van der Waals surface area contributed by atoms with E-state index < -0.39 is 8.07 Å². The number of ether oxygens (including phenoxy) is 1. The van der Waals surface area contributed by atoms with Crippen LogP contribution < -0.4 is 25.5 Å². The van der Waals surface area contributed by atoms with Crippen LogP contribution in [0, 0.1) is 0 Å². The zero-order valence-corrected chi connectivity index (χ0v) is 19.0. The Balaban J connectivity index is 1.68. The number of hydrogen-bond acceptors (Lipinski definition) is 1. The van der Waals surface area contributed by atoms with Crippen LogP contribution in [0.1, 0.15) is 0 Å². The minimum Gasteiger partial charge on any atom is -0.457 e. The third-order valence-corrected chi connectivity index (χ3v) is 11.8. The first-order chi connectivity index (χ1) is 16.4. The molecular weight excluding hydrogens is 418 g/mol. The molecule has 0 saturated heterocycles. The van der Waals surface area contributed by atoms with Gasteiger partial charge in [0.05, 0.1) is 5.52 Å². The van der Waals surface area contributed by atoms with Crippen molar-refractivity contribution in [2.75, 3.05) is 0 Å². The van der Waals surface area contributed by atoms with Gasteiger partial charge in [-0.25, -0.2) is 0 Å². The standard InChI is InChI=1S/C30H21NOSi/c1-3-11-21(12-4-1)33(22-13-5-2-6-14-22)29-18-10-9-17-27(29)32-28-20-26-24(19-30(28)33)23-15-7-8-16-25(23)31-26/h1-20,31H. The first-order valence-corrected chi connectivity index (χ1v) is 13.3. The second-order valence-electron chi connectivity index (χ2n) is 8.64. The number of para-hydroxylation sites is 2. The van der Waals surface area contributed by atoms with Crippen LogP contribution in [0.2, 0.25) is 0 Å². The van der Waals surface area contributed by atoms with Crippen molar-refractivity contribution in [1.29, 1.82) is 0 Å². The fourth-order valence-corrected chi connectivity index (χ4v) is 10.5. The number of aromatic amines is 1. The van der Waals surface area contributed by atoms with Gasteiger partial charge in [0.25, 0.3) is 0 Å². The van der Waals surface area contributed by atoms with Crippen LogP contribution in [0.15, 0.2) is 121 Å². The topological polar surface area (TPSA) is 25.0 Å². The molecule has 7 rings (SSSR count). The maximum atomic E-state index is 6.59. The molecule has 0 unspecified atom stereocenters. The summed E-state index contributed by atoms with van der Waals surface area (Å²) in [4.78, 5) is 3.59. The normalized spacial score (nSPS) is 13.9. The third kappa shape index (κ3) is 2.54. The average molecular weight is 440 g/mol. The summed E-state index contributed by atoms with van der Waals surface area (Å²) >= 11 is 0. The highest BCUT2D eigenvalue weighted by Crippen LogP contribution is 2.34. The molecule has 3 heteroatoms. The Morgan fingerprint density at radius 3 is 1.88 bits per heavy atom. The molecule has 0 fully saturated rings. The van der Waals surface area contributed by atoms with Crippen LogP contribution in [0.5, 0.6) is 11.5 Å². The lowest BCUT2D eigenvalue weighted by molar-refractivity contribution is 0.487. The third-order valence-electron chi connectivity index (χ3n) is 6.93. The number of aromatic nitrogens is 1. The van der Waals surface area contributed by atoms with Crippen molar-refractivity contribution in [3.8, 4) is 11.5 Å². The van der Waals surface area contributed by atoms with E-state index in [0.29, 0.717) is 0 Å². The maximum Gasteiger partial charge on any atom is 0.188 e. The fourth-order valence-electron chi connectivity index (χ4n) is 5.55. The molecule has 0 aliphatic carbocycles. The van der Waals surface area contributed by atoms with Gasteiger partial charge in [-0.05, 0) is 38.9 Å². The monoisotopic (exact) mass is 439 g/mol. The van der Waals surface area contributed by atoms with E-state index >= 15 is 0 Å². The lowest BCUT2D eigenvalue weighted by Crippen LogP contribution is -2.76. The first-order valence-electron chi connectivity index (χ1n) is 11.3. The van der Waals surface area contributed by atoms with Gasteiger partial charge in [-0.1, -0.05) is 97.1 Å². The number of rotatable bonds is 2. The molecule has 1 aromatic heterocycles. The smallest absolute Gasteiger partial charge is 0.188 e. The van der Waals surface area contributed by atoms with Crippen LogP contribution in [0.25, 0.3) is 21.8 Å². The van der Waals surface area contributed by atoms with E-state index in [9.17, 15) is 0 Å². The Kier molecular flexibility index (Phi) is 3.90. The van der Waals surface area contributed by atoms with E-state index in [4.69, 9.17) is 4.74 Å². The molecule has 2 nitrogen and oxygen atoms in total. The van der Waals surface area contributed by atoms with Crippen LogP contribution in [-0.4, -0.2) is 13.1 Å². The molecule has 0 radical (unpaired) electrons. The van der Waals surface area contributed by atoms with Gasteiger partial charge in [0, 0.05) is 22.4 Å². The molecule has 0 bridgehead atoms. The quantitative estimate of drug-likeness (QED) is 0.385. The Bertz CT molecular complexity index is 1600. The van der Waals surface area contributed by atoms with Crippen LogP contribution >= 0.6 is 0 Å². The molecular formula is C30H21NOSi. The van der Waals surface area contributed by atoms with Gasteiger partial charge in [-0.2, -0.15) is 0 Å². The van der Waals surface area contributed by atoms with Crippen molar-refractivity contribution >= 4 is 50.6 Å². The predicted octanol–water partition coefficient (Wildman–Crippen LogP) is 4.80. The van der Waals surface area contributed by atoms with Gasteiger partial charge in [0.15, 0.2) is 8.07 Å². The van der Waals surface area contributed by atoms with E-state index in [0.717, 1.165) is 22.5 Å². The molecule has 0 atom stereocenters. The lowest BCUT2D eigenvalue weighted by Gasteiger charge is -2.39. The molecule has 156 valence electrons. The summed E-state index contributed by atoms with van der Waals surface area (Å²) in [6.45, 7) is 0. The molecule has 1 N–H and O–H groups in total. The first kappa shape index (κ1) is 18.5. The highest BCUT2D eigenvalue weighted by molar-refractivity contribution is 7.20. The van der Waals surface area contributed by atoms with Gasteiger partial charge in [-0.3, -0.25) is 0 Å². The highest BCUT2D eigenvalue weighted by Gasteiger charge is 2.48. The zero-order valence-electron chi connectivity index (χ0n) is 18.0. The van der Waals surface area contributed by atoms with Crippen molar-refractivity contribution in [3.63, 3.8) is 0 Å². The van der Waals surface area contributed by atoms with Crippen molar-refractivity contribution in [1.82, 2.24) is 4.98 Å². The largest absolute Gasteiger partial charge is 0.457 e. The Labute approximate surface area is 193 Å². The summed E-state index contributed by atoms with van der Waals surface area (Å²) in [5, 5.41) is 7.83. The SMILES string of the molecule is c1ccc([Si]2(c3ccccc3)c3ccccc3Oc3cc4[nH]c5ccccc5c4cc32)cc1. The molecule has 6 aromatic rings. The molecule has 33 heavy (non-hydrogen) atoms. The summed E-state index contributed by atoms with van der Waals surface area (Å²) in [7, 11) is -2.59. The molecule has 0 spiro atoms. The van der Waals surface area contributed by atoms with Gasteiger partial charge >= 0.3 is 0 Å². The Hall–Kier alpha value is -4.08. The highest BCUT2D eigenvalue weighted by atomic mass is 28.3. The Morgan fingerprint density at radius 1 is 0.485 bits per heavy atom. The van der Waals surface area contributed by atoms with E-state index in [1.165, 1.54) is 31.5 Å². The van der Waals surface area contributed by atoms with Gasteiger partial charge < -0.3 is 9.72 Å². The molecule has 2 heterocycles. The van der Waals surface area contributed by atoms with Gasteiger partial charge in [0.1, 0.15) is 11.5 Å². The predicted molar refractivity (Wildman–Crippen MR) is 139 cm³/mol. The summed E-state index contributed by atoms with van der Waals surface area (Å²) in [6.07, 6.45) is 0. The average Bonchev–Trinajstić information content (AvgIpc) is 3.24.